The molecular formula is C10H15FO3S. The highest BCUT2D eigenvalue weighted by Gasteiger charge is 2.65. The number of Topliss-reactive ketones (excluding diaryl/α,β-unsaturated/α-hetero) is 1. The average molecular weight is 234 g/mol. The molecular weight excluding hydrogens is 219 g/mol. The number of carbonyl (C=O) groups excluding carboxylic acids is 1. The van der Waals surface area contributed by atoms with Crippen molar-refractivity contribution in [3.05, 3.63) is 0 Å². The van der Waals surface area contributed by atoms with Crippen LogP contribution in [0.4, 0.5) is 3.89 Å². The third kappa shape index (κ3) is 1.35. The molecule has 2 atom stereocenters. The summed E-state index contributed by atoms with van der Waals surface area (Å²) >= 11 is 0. The molecule has 2 rings (SSSR count). The quantitative estimate of drug-likeness (QED) is 0.683. The molecule has 0 aromatic rings. The van der Waals surface area contributed by atoms with Gasteiger partial charge in [0.1, 0.15) is 5.78 Å². The van der Waals surface area contributed by atoms with Crippen LogP contribution in [-0.2, 0) is 15.0 Å². The zero-order valence-corrected chi connectivity index (χ0v) is 9.73. The lowest BCUT2D eigenvalue weighted by molar-refractivity contribution is -0.128. The molecule has 0 amide bonds. The summed E-state index contributed by atoms with van der Waals surface area (Å²) < 4.78 is 34.4. The number of fused-ring (bicyclic) bond motifs is 2. The molecule has 5 heteroatoms. The number of hydrogen-bond donors (Lipinski definition) is 0. The van der Waals surface area contributed by atoms with Gasteiger partial charge in [-0.1, -0.05) is 13.8 Å². The molecule has 0 aromatic carbocycles. The standard InChI is InChI=1S/C10H15FO3S/c1-9(2)7-3-4-10(9,8(12)5-7)6-15(11,13)14/h7H,3-6H2,1-2H3/t7-,10+/m0/s1. The Labute approximate surface area is 89.3 Å². The highest BCUT2D eigenvalue weighted by atomic mass is 32.3. The van der Waals surface area contributed by atoms with Crippen molar-refractivity contribution in [2.75, 3.05) is 5.75 Å². The Hall–Kier alpha value is -0.450. The van der Waals surface area contributed by atoms with Crippen molar-refractivity contribution in [2.24, 2.45) is 16.7 Å². The second-order valence-electron chi connectivity index (χ2n) is 5.35. The summed E-state index contributed by atoms with van der Waals surface area (Å²) in [5.41, 5.74) is -1.32. The van der Waals surface area contributed by atoms with Crippen LogP contribution in [0.3, 0.4) is 0 Å². The first-order chi connectivity index (χ1) is 6.69. The SMILES string of the molecule is CC1(C)[C@H]2CC[C@@]1(CS(=O)(=O)F)C(=O)C2. The van der Waals surface area contributed by atoms with E-state index in [1.165, 1.54) is 0 Å². The van der Waals surface area contributed by atoms with Crippen LogP contribution in [0.15, 0.2) is 0 Å². The molecule has 0 unspecified atom stereocenters. The van der Waals surface area contributed by atoms with Gasteiger partial charge in [0.15, 0.2) is 0 Å². The first kappa shape index (κ1) is 11.0. The van der Waals surface area contributed by atoms with E-state index in [1.807, 2.05) is 13.8 Å². The van der Waals surface area contributed by atoms with E-state index in [0.717, 1.165) is 6.42 Å². The Morgan fingerprint density at radius 1 is 1.47 bits per heavy atom. The molecule has 2 aliphatic carbocycles. The van der Waals surface area contributed by atoms with Crippen molar-refractivity contribution in [1.82, 2.24) is 0 Å². The van der Waals surface area contributed by atoms with Crippen molar-refractivity contribution in [3.63, 3.8) is 0 Å². The van der Waals surface area contributed by atoms with Crippen LogP contribution in [-0.4, -0.2) is 20.0 Å². The smallest absolute Gasteiger partial charge is 0.299 e. The van der Waals surface area contributed by atoms with Crippen LogP contribution in [0.1, 0.15) is 33.1 Å². The fraction of sp³-hybridized carbons (Fsp3) is 0.900. The molecule has 2 fully saturated rings. The summed E-state index contributed by atoms with van der Waals surface area (Å²) in [6.07, 6.45) is 1.78. The van der Waals surface area contributed by atoms with Gasteiger partial charge in [-0.25, -0.2) is 0 Å². The first-order valence-electron chi connectivity index (χ1n) is 5.15. The van der Waals surface area contributed by atoms with Crippen LogP contribution in [0.25, 0.3) is 0 Å². The third-order valence-corrected chi connectivity index (χ3v) is 5.40. The van der Waals surface area contributed by atoms with Crippen LogP contribution in [0.2, 0.25) is 0 Å². The third-order valence-electron chi connectivity index (χ3n) is 4.56. The largest absolute Gasteiger partial charge is 0.303 e. The minimum Gasteiger partial charge on any atom is -0.299 e. The number of carbonyl (C=O) groups is 1. The molecule has 0 spiro atoms. The molecule has 2 saturated carbocycles. The lowest BCUT2D eigenvalue weighted by Crippen LogP contribution is -2.41. The number of rotatable bonds is 2. The number of ketones is 1. The topological polar surface area (TPSA) is 51.2 Å². The van der Waals surface area contributed by atoms with E-state index in [2.05, 4.69) is 0 Å². The molecule has 0 aromatic heterocycles. The number of halogens is 1. The highest BCUT2D eigenvalue weighted by Crippen LogP contribution is 2.64. The van der Waals surface area contributed by atoms with Crippen LogP contribution >= 0.6 is 0 Å². The van der Waals surface area contributed by atoms with Gasteiger partial charge in [-0.2, -0.15) is 8.42 Å². The predicted octanol–water partition coefficient (Wildman–Crippen LogP) is 1.68. The lowest BCUT2D eigenvalue weighted by Gasteiger charge is -2.34. The van der Waals surface area contributed by atoms with Gasteiger partial charge < -0.3 is 0 Å². The Kier molecular flexibility index (Phi) is 2.07. The van der Waals surface area contributed by atoms with Crippen molar-refractivity contribution in [2.45, 2.75) is 33.1 Å². The van der Waals surface area contributed by atoms with E-state index in [-0.39, 0.29) is 17.1 Å². The molecule has 2 aliphatic rings. The fourth-order valence-corrected chi connectivity index (χ4v) is 4.67. The Morgan fingerprint density at radius 2 is 2.07 bits per heavy atom. The summed E-state index contributed by atoms with van der Waals surface area (Å²) in [4.78, 5) is 11.8. The van der Waals surface area contributed by atoms with Gasteiger partial charge >= 0.3 is 10.2 Å². The monoisotopic (exact) mass is 234 g/mol. The Morgan fingerprint density at radius 3 is 2.40 bits per heavy atom. The van der Waals surface area contributed by atoms with E-state index in [0.29, 0.717) is 12.8 Å². The number of hydrogen-bond acceptors (Lipinski definition) is 3. The van der Waals surface area contributed by atoms with E-state index in [4.69, 9.17) is 0 Å². The van der Waals surface area contributed by atoms with Crippen LogP contribution < -0.4 is 0 Å². The maximum Gasteiger partial charge on any atom is 0.303 e. The molecule has 15 heavy (non-hydrogen) atoms. The molecule has 0 aliphatic heterocycles. The molecule has 0 N–H and O–H groups in total. The Balaban J connectivity index is 2.45. The van der Waals surface area contributed by atoms with Gasteiger partial charge in [-0.05, 0) is 24.2 Å². The maximum atomic E-state index is 12.8. The summed E-state index contributed by atoms with van der Waals surface area (Å²) in [5, 5.41) is 0. The van der Waals surface area contributed by atoms with Gasteiger partial charge in [0, 0.05) is 6.42 Å². The summed E-state index contributed by atoms with van der Waals surface area (Å²) in [5.74, 6) is -0.459. The van der Waals surface area contributed by atoms with Crippen molar-refractivity contribution < 1.29 is 17.1 Å². The van der Waals surface area contributed by atoms with Crippen molar-refractivity contribution >= 4 is 16.0 Å². The fourth-order valence-electron chi connectivity index (χ4n) is 3.40. The highest BCUT2D eigenvalue weighted by molar-refractivity contribution is 7.86. The molecule has 3 nitrogen and oxygen atoms in total. The Bertz CT molecular complexity index is 412. The predicted molar refractivity (Wildman–Crippen MR) is 53.5 cm³/mol. The first-order valence-corrected chi connectivity index (χ1v) is 6.70. The van der Waals surface area contributed by atoms with E-state index in [9.17, 15) is 17.1 Å². The lowest BCUT2D eigenvalue weighted by atomic mass is 9.70. The van der Waals surface area contributed by atoms with Crippen LogP contribution in [0.5, 0.6) is 0 Å². The second-order valence-corrected chi connectivity index (χ2v) is 6.72. The molecule has 2 bridgehead atoms. The minimum absolute atomic E-state index is 0.0648. The minimum atomic E-state index is -4.58. The second kappa shape index (κ2) is 2.81. The molecule has 0 heterocycles. The normalized spacial score (nSPS) is 38.6. The van der Waals surface area contributed by atoms with Crippen molar-refractivity contribution in [1.29, 1.82) is 0 Å². The van der Waals surface area contributed by atoms with E-state index >= 15 is 0 Å². The van der Waals surface area contributed by atoms with Crippen molar-refractivity contribution in [3.8, 4) is 0 Å². The van der Waals surface area contributed by atoms with Gasteiger partial charge in [0.05, 0.1) is 11.2 Å². The van der Waals surface area contributed by atoms with E-state index in [1.54, 1.807) is 0 Å². The van der Waals surface area contributed by atoms with Gasteiger partial charge in [-0.3, -0.25) is 4.79 Å². The summed E-state index contributed by atoms with van der Waals surface area (Å²) in [7, 11) is -4.58. The molecule has 0 radical (unpaired) electrons. The van der Waals surface area contributed by atoms with Gasteiger partial charge in [0.25, 0.3) is 0 Å². The molecule has 0 saturated heterocycles. The van der Waals surface area contributed by atoms with Gasteiger partial charge in [0.2, 0.25) is 0 Å². The molecule has 86 valence electrons. The summed E-state index contributed by atoms with van der Waals surface area (Å²) in [6.45, 7) is 3.78. The van der Waals surface area contributed by atoms with Gasteiger partial charge in [-0.15, -0.1) is 3.89 Å². The average Bonchev–Trinajstić information content (AvgIpc) is 2.34. The van der Waals surface area contributed by atoms with E-state index < -0.39 is 21.4 Å². The van der Waals surface area contributed by atoms with Crippen LogP contribution in [0, 0.1) is 16.7 Å². The maximum absolute atomic E-state index is 12.8. The zero-order chi connectivity index (χ0) is 11.5. The summed E-state index contributed by atoms with van der Waals surface area (Å²) in [6, 6.07) is 0. The zero-order valence-electron chi connectivity index (χ0n) is 8.92.